The van der Waals surface area contributed by atoms with Gasteiger partial charge in [0.05, 0.1) is 24.1 Å². The summed E-state index contributed by atoms with van der Waals surface area (Å²) in [7, 11) is 0. The molecule has 0 amide bonds. The van der Waals surface area contributed by atoms with E-state index in [9.17, 15) is 0 Å². The molecule has 0 unspecified atom stereocenters. The lowest BCUT2D eigenvalue weighted by Crippen LogP contribution is -2.30. The monoisotopic (exact) mass is 352 g/mol. The second-order valence-corrected chi connectivity index (χ2v) is 7.16. The molecule has 5 heteroatoms. The van der Waals surface area contributed by atoms with Gasteiger partial charge in [-0.15, -0.1) is 0 Å². The number of rotatable bonds is 3. The molecule has 1 aliphatic rings. The number of benzene rings is 1. The molecule has 0 saturated heterocycles. The topological polar surface area (TPSA) is 34.0 Å². The zero-order chi connectivity index (χ0) is 17.4. The molecule has 0 aliphatic carbocycles. The lowest BCUT2D eigenvalue weighted by Gasteiger charge is -2.30. The van der Waals surface area contributed by atoms with Gasteiger partial charge in [-0.2, -0.15) is 5.10 Å². The molecular weight excluding hydrogens is 332 g/mol. The smallest absolute Gasteiger partial charge is 0.0678 e. The molecule has 4 nitrogen and oxygen atoms in total. The first-order chi connectivity index (χ1) is 12.1. The third-order valence-electron chi connectivity index (χ3n) is 4.76. The molecule has 0 spiro atoms. The number of pyridine rings is 1. The number of hydrogen-bond donors (Lipinski definition) is 0. The van der Waals surface area contributed by atoms with Crippen molar-refractivity contribution in [1.29, 1.82) is 0 Å². The quantitative estimate of drug-likeness (QED) is 0.709. The van der Waals surface area contributed by atoms with Crippen LogP contribution in [0, 0.1) is 13.8 Å². The van der Waals surface area contributed by atoms with Gasteiger partial charge in [-0.05, 0) is 61.2 Å². The van der Waals surface area contributed by atoms with E-state index in [4.69, 9.17) is 11.6 Å². The Morgan fingerprint density at radius 1 is 1.08 bits per heavy atom. The number of halogens is 1. The van der Waals surface area contributed by atoms with Crippen LogP contribution in [0.2, 0.25) is 5.02 Å². The first-order valence-corrected chi connectivity index (χ1v) is 8.93. The van der Waals surface area contributed by atoms with Crippen LogP contribution < -0.4 is 4.90 Å². The van der Waals surface area contributed by atoms with Gasteiger partial charge < -0.3 is 4.90 Å². The summed E-state index contributed by atoms with van der Waals surface area (Å²) in [5.41, 5.74) is 7.26. The van der Waals surface area contributed by atoms with E-state index >= 15 is 0 Å². The zero-order valence-electron chi connectivity index (χ0n) is 14.5. The van der Waals surface area contributed by atoms with Crippen LogP contribution in [-0.2, 0) is 19.5 Å². The number of nitrogens with zero attached hydrogens (tertiary/aromatic N) is 4. The SMILES string of the molecule is Cc1cc(C)n(Cc2cncc(N3CCc4cc(Cl)ccc4C3)c2)n1. The van der Waals surface area contributed by atoms with Crippen molar-refractivity contribution in [2.24, 2.45) is 0 Å². The molecular formula is C20H21ClN4. The van der Waals surface area contributed by atoms with Crippen LogP contribution in [0.3, 0.4) is 0 Å². The zero-order valence-corrected chi connectivity index (χ0v) is 15.3. The first-order valence-electron chi connectivity index (χ1n) is 8.56. The highest BCUT2D eigenvalue weighted by molar-refractivity contribution is 6.30. The van der Waals surface area contributed by atoms with Gasteiger partial charge in [0.25, 0.3) is 0 Å². The van der Waals surface area contributed by atoms with Crippen LogP contribution in [0.15, 0.2) is 42.7 Å². The summed E-state index contributed by atoms with van der Waals surface area (Å²) < 4.78 is 2.03. The Balaban J connectivity index is 1.55. The Bertz CT molecular complexity index is 916. The molecule has 0 bridgehead atoms. The van der Waals surface area contributed by atoms with Crippen molar-refractivity contribution in [3.8, 4) is 0 Å². The standard InChI is InChI=1S/C20H21ClN4/c1-14-7-15(2)25(23-14)12-16-8-20(11-22-10-16)24-6-5-17-9-19(21)4-3-18(17)13-24/h3-4,7-11H,5-6,12-13H2,1-2H3. The van der Waals surface area contributed by atoms with Gasteiger partial charge >= 0.3 is 0 Å². The fourth-order valence-electron chi connectivity index (χ4n) is 3.48. The van der Waals surface area contributed by atoms with Crippen molar-refractivity contribution in [2.75, 3.05) is 11.4 Å². The molecule has 0 N–H and O–H groups in total. The fourth-order valence-corrected chi connectivity index (χ4v) is 3.68. The van der Waals surface area contributed by atoms with E-state index in [0.717, 1.165) is 36.8 Å². The molecule has 3 heterocycles. The summed E-state index contributed by atoms with van der Waals surface area (Å²) in [6.45, 7) is 6.75. The van der Waals surface area contributed by atoms with Crippen LogP contribution in [0.4, 0.5) is 5.69 Å². The van der Waals surface area contributed by atoms with E-state index in [2.05, 4.69) is 46.2 Å². The predicted molar refractivity (Wildman–Crippen MR) is 101 cm³/mol. The van der Waals surface area contributed by atoms with Crippen LogP contribution in [-0.4, -0.2) is 21.3 Å². The Morgan fingerprint density at radius 2 is 1.96 bits per heavy atom. The van der Waals surface area contributed by atoms with E-state index in [1.807, 2.05) is 30.1 Å². The van der Waals surface area contributed by atoms with Crippen LogP contribution in [0.1, 0.15) is 28.1 Å². The highest BCUT2D eigenvalue weighted by atomic mass is 35.5. The van der Waals surface area contributed by atoms with Crippen LogP contribution in [0.25, 0.3) is 0 Å². The summed E-state index contributed by atoms with van der Waals surface area (Å²) in [4.78, 5) is 6.84. The third-order valence-corrected chi connectivity index (χ3v) is 5.00. The van der Waals surface area contributed by atoms with Crippen molar-refractivity contribution >= 4 is 17.3 Å². The second-order valence-electron chi connectivity index (χ2n) is 6.72. The van der Waals surface area contributed by atoms with Gasteiger partial charge in [0, 0.05) is 30.0 Å². The number of hydrogen-bond acceptors (Lipinski definition) is 3. The average molecular weight is 353 g/mol. The van der Waals surface area contributed by atoms with E-state index in [-0.39, 0.29) is 0 Å². The molecule has 0 radical (unpaired) electrons. The minimum atomic E-state index is 0.751. The van der Waals surface area contributed by atoms with E-state index in [1.165, 1.54) is 28.1 Å². The molecule has 1 aromatic carbocycles. The van der Waals surface area contributed by atoms with E-state index in [0.29, 0.717) is 0 Å². The van der Waals surface area contributed by atoms with Crippen molar-refractivity contribution in [1.82, 2.24) is 14.8 Å². The fraction of sp³-hybridized carbons (Fsp3) is 0.300. The Kier molecular flexibility index (Phi) is 4.22. The summed E-state index contributed by atoms with van der Waals surface area (Å²) in [6.07, 6.45) is 4.89. The first kappa shape index (κ1) is 16.2. The summed E-state index contributed by atoms with van der Waals surface area (Å²) in [5.74, 6) is 0. The molecule has 1 aliphatic heterocycles. The van der Waals surface area contributed by atoms with Crippen molar-refractivity contribution in [3.05, 3.63) is 75.8 Å². The minimum absolute atomic E-state index is 0.751. The number of fused-ring (bicyclic) bond motifs is 1. The summed E-state index contributed by atoms with van der Waals surface area (Å²) >= 11 is 6.11. The van der Waals surface area contributed by atoms with Crippen LogP contribution >= 0.6 is 11.6 Å². The molecule has 0 fully saturated rings. The van der Waals surface area contributed by atoms with E-state index in [1.54, 1.807) is 0 Å². The van der Waals surface area contributed by atoms with Crippen molar-refractivity contribution < 1.29 is 0 Å². The number of aryl methyl sites for hydroxylation is 2. The van der Waals surface area contributed by atoms with Gasteiger partial charge in [-0.3, -0.25) is 9.67 Å². The van der Waals surface area contributed by atoms with Gasteiger partial charge in [0.1, 0.15) is 0 Å². The third kappa shape index (κ3) is 3.40. The molecule has 2 aromatic heterocycles. The Morgan fingerprint density at radius 3 is 2.76 bits per heavy atom. The van der Waals surface area contributed by atoms with Gasteiger partial charge in [-0.25, -0.2) is 0 Å². The number of aromatic nitrogens is 3. The maximum atomic E-state index is 6.11. The highest BCUT2D eigenvalue weighted by Gasteiger charge is 2.17. The molecule has 4 rings (SSSR count). The molecule has 25 heavy (non-hydrogen) atoms. The second kappa shape index (κ2) is 6.52. The average Bonchev–Trinajstić information content (AvgIpc) is 2.92. The van der Waals surface area contributed by atoms with Gasteiger partial charge in [-0.1, -0.05) is 17.7 Å². The molecule has 0 saturated carbocycles. The summed E-state index contributed by atoms with van der Waals surface area (Å²) in [6, 6.07) is 10.5. The Labute approximate surface area is 153 Å². The van der Waals surface area contributed by atoms with Gasteiger partial charge in [0.15, 0.2) is 0 Å². The largest absolute Gasteiger partial charge is 0.366 e. The highest BCUT2D eigenvalue weighted by Crippen LogP contribution is 2.26. The predicted octanol–water partition coefficient (Wildman–Crippen LogP) is 4.16. The van der Waals surface area contributed by atoms with Crippen molar-refractivity contribution in [2.45, 2.75) is 33.4 Å². The molecule has 0 atom stereocenters. The molecule has 128 valence electrons. The minimum Gasteiger partial charge on any atom is -0.366 e. The summed E-state index contributed by atoms with van der Waals surface area (Å²) in [5, 5.41) is 5.37. The van der Waals surface area contributed by atoms with Crippen molar-refractivity contribution in [3.63, 3.8) is 0 Å². The lowest BCUT2D eigenvalue weighted by atomic mass is 9.99. The maximum absolute atomic E-state index is 6.11. The number of anilines is 1. The van der Waals surface area contributed by atoms with Crippen LogP contribution in [0.5, 0.6) is 0 Å². The molecule has 3 aromatic rings. The normalized spacial score (nSPS) is 13.8. The Hall–Kier alpha value is -2.33. The van der Waals surface area contributed by atoms with E-state index < -0.39 is 0 Å². The lowest BCUT2D eigenvalue weighted by molar-refractivity contribution is 0.656. The maximum Gasteiger partial charge on any atom is 0.0678 e. The van der Waals surface area contributed by atoms with Gasteiger partial charge in [0.2, 0.25) is 0 Å².